The van der Waals surface area contributed by atoms with Gasteiger partial charge in [-0.15, -0.1) is 13.2 Å². The number of carbonyl (C=O) groups is 1. The van der Waals surface area contributed by atoms with Gasteiger partial charge >= 0.3 is 6.36 Å². The number of carbonyl (C=O) groups excluding carboxylic acids is 1. The number of nitrogens with zero attached hydrogens (tertiary/aromatic N) is 3. The first kappa shape index (κ1) is 27.3. The van der Waals surface area contributed by atoms with Crippen molar-refractivity contribution in [2.75, 3.05) is 13.1 Å². The van der Waals surface area contributed by atoms with E-state index >= 15 is 0 Å². The lowest BCUT2D eigenvalue weighted by Crippen LogP contribution is -2.42. The molecule has 0 radical (unpaired) electrons. The van der Waals surface area contributed by atoms with Gasteiger partial charge in [-0.25, -0.2) is 4.98 Å². The Morgan fingerprint density at radius 3 is 2.56 bits per heavy atom. The highest BCUT2D eigenvalue weighted by atomic mass is 32.2. The molecule has 1 N–H and O–H groups in total. The monoisotopic (exact) mass is 558 g/mol. The van der Waals surface area contributed by atoms with Crippen molar-refractivity contribution < 1.29 is 22.7 Å². The van der Waals surface area contributed by atoms with E-state index in [9.17, 15) is 22.8 Å². The van der Waals surface area contributed by atoms with E-state index < -0.39 is 6.36 Å². The fraction of sp³-hybridized carbons (Fsp3) is 0.393. The van der Waals surface area contributed by atoms with Gasteiger partial charge in [0.05, 0.1) is 23.5 Å². The van der Waals surface area contributed by atoms with Gasteiger partial charge in [0.15, 0.2) is 5.16 Å². The predicted octanol–water partition coefficient (Wildman–Crippen LogP) is 4.84. The van der Waals surface area contributed by atoms with Crippen LogP contribution < -0.4 is 15.6 Å². The van der Waals surface area contributed by atoms with Crippen LogP contribution in [0.2, 0.25) is 0 Å². The molecular weight excluding hydrogens is 529 g/mol. The number of thioether (sulfide) groups is 1. The molecule has 1 aromatic heterocycles. The van der Waals surface area contributed by atoms with Crippen molar-refractivity contribution in [3.05, 3.63) is 81.8 Å². The number of alkyl halides is 3. The number of aromatic nitrogens is 2. The number of benzene rings is 2. The molecule has 39 heavy (non-hydrogen) atoms. The van der Waals surface area contributed by atoms with E-state index in [0.717, 1.165) is 24.2 Å². The predicted molar refractivity (Wildman–Crippen MR) is 142 cm³/mol. The van der Waals surface area contributed by atoms with Crippen molar-refractivity contribution in [1.29, 1.82) is 0 Å². The zero-order valence-electron chi connectivity index (χ0n) is 21.2. The molecule has 3 aromatic rings. The van der Waals surface area contributed by atoms with Gasteiger partial charge in [-0.05, 0) is 31.0 Å². The average molecular weight is 559 g/mol. The highest BCUT2D eigenvalue weighted by Crippen LogP contribution is 2.36. The minimum Gasteiger partial charge on any atom is -0.405 e. The number of fused-ring (bicyclic) bond motifs is 1. The Labute approximate surface area is 228 Å². The lowest BCUT2D eigenvalue weighted by Gasteiger charge is -2.30. The van der Waals surface area contributed by atoms with Crippen molar-refractivity contribution >= 4 is 17.7 Å². The first-order valence-electron chi connectivity index (χ1n) is 13.0. The molecule has 206 valence electrons. The first-order chi connectivity index (χ1) is 18.8. The van der Waals surface area contributed by atoms with Crippen LogP contribution in [-0.4, -0.2) is 45.1 Å². The lowest BCUT2D eigenvalue weighted by atomic mass is 10.0. The minimum absolute atomic E-state index is 0.121. The summed E-state index contributed by atoms with van der Waals surface area (Å²) in [6, 6.07) is 15.3. The van der Waals surface area contributed by atoms with E-state index in [0.29, 0.717) is 34.5 Å². The highest BCUT2D eigenvalue weighted by molar-refractivity contribution is 7.99. The average Bonchev–Trinajstić information content (AvgIpc) is 2.89. The SMILES string of the molecule is O=C(CCNCc1ccccc1OC(F)(F)F)N1CCc2nc(SC3CCC3)n(-c3ccccc3)c(=O)c2C1. The number of halogens is 3. The molecule has 0 saturated heterocycles. The maximum absolute atomic E-state index is 13.7. The Morgan fingerprint density at radius 1 is 1.10 bits per heavy atom. The smallest absolute Gasteiger partial charge is 0.405 e. The zero-order chi connectivity index (χ0) is 27.4. The van der Waals surface area contributed by atoms with Crippen LogP contribution in [0.1, 0.15) is 42.5 Å². The molecule has 2 heterocycles. The number of amides is 1. The van der Waals surface area contributed by atoms with Crippen LogP contribution >= 0.6 is 11.8 Å². The van der Waals surface area contributed by atoms with Gasteiger partial charge in [0.25, 0.3) is 5.56 Å². The van der Waals surface area contributed by atoms with Crippen LogP contribution in [0, 0.1) is 0 Å². The van der Waals surface area contributed by atoms with Gasteiger partial charge in [-0.1, -0.05) is 54.6 Å². The summed E-state index contributed by atoms with van der Waals surface area (Å²) in [5, 5.41) is 4.19. The van der Waals surface area contributed by atoms with Gasteiger partial charge in [0.1, 0.15) is 5.75 Å². The van der Waals surface area contributed by atoms with Crippen LogP contribution in [0.25, 0.3) is 5.69 Å². The molecule has 7 nitrogen and oxygen atoms in total. The largest absolute Gasteiger partial charge is 0.573 e. The quantitative estimate of drug-likeness (QED) is 0.299. The summed E-state index contributed by atoms with van der Waals surface area (Å²) < 4.78 is 43.7. The third kappa shape index (κ3) is 6.65. The third-order valence-electron chi connectivity index (χ3n) is 6.92. The van der Waals surface area contributed by atoms with Crippen LogP contribution in [0.3, 0.4) is 0 Å². The van der Waals surface area contributed by atoms with E-state index in [1.807, 2.05) is 30.3 Å². The molecule has 1 amide bonds. The Bertz CT molecular complexity index is 1380. The number of nitrogens with one attached hydrogen (secondary N) is 1. The molecule has 1 fully saturated rings. The van der Waals surface area contributed by atoms with Crippen molar-refractivity contribution in [2.24, 2.45) is 0 Å². The Kier molecular flexibility index (Phi) is 8.27. The molecule has 0 bridgehead atoms. The van der Waals surface area contributed by atoms with E-state index in [4.69, 9.17) is 4.98 Å². The molecule has 2 aromatic carbocycles. The summed E-state index contributed by atoms with van der Waals surface area (Å²) in [6.07, 6.45) is -0.709. The molecule has 1 saturated carbocycles. The van der Waals surface area contributed by atoms with Crippen LogP contribution in [0.15, 0.2) is 64.5 Å². The second-order valence-corrected chi connectivity index (χ2v) is 10.9. The summed E-state index contributed by atoms with van der Waals surface area (Å²) >= 11 is 1.65. The third-order valence-corrected chi connectivity index (χ3v) is 8.21. The van der Waals surface area contributed by atoms with Crippen LogP contribution in [-0.2, 0) is 24.3 Å². The van der Waals surface area contributed by atoms with Crippen molar-refractivity contribution in [3.8, 4) is 11.4 Å². The lowest BCUT2D eigenvalue weighted by molar-refractivity contribution is -0.274. The summed E-state index contributed by atoms with van der Waals surface area (Å²) in [5.41, 5.74) is 2.23. The van der Waals surface area contributed by atoms with Gasteiger partial charge in [0.2, 0.25) is 5.91 Å². The second kappa shape index (κ2) is 11.8. The molecule has 5 rings (SSSR count). The van der Waals surface area contributed by atoms with Crippen molar-refractivity contribution in [1.82, 2.24) is 19.8 Å². The highest BCUT2D eigenvalue weighted by Gasteiger charge is 2.32. The van der Waals surface area contributed by atoms with Crippen LogP contribution in [0.5, 0.6) is 5.75 Å². The molecule has 0 unspecified atom stereocenters. The Hall–Kier alpha value is -3.31. The molecule has 0 spiro atoms. The van der Waals surface area contributed by atoms with Crippen LogP contribution in [0.4, 0.5) is 13.2 Å². The fourth-order valence-electron chi connectivity index (χ4n) is 4.64. The molecule has 1 aliphatic carbocycles. The molecule has 0 atom stereocenters. The normalized spacial score (nSPS) is 15.5. The standard InChI is InChI=1S/C28H29F3N4O3S/c29-28(30,31)38-24-12-5-4-7-19(24)17-32-15-13-25(36)34-16-14-23-22(18-34)26(37)35(20-8-2-1-3-9-20)27(33-23)39-21-10-6-11-21/h1-5,7-9,12,21,32H,6,10-11,13-18H2. The van der Waals surface area contributed by atoms with Crippen molar-refractivity contribution in [2.45, 2.75) is 62.0 Å². The number of hydrogen-bond acceptors (Lipinski definition) is 6. The number of hydrogen-bond donors (Lipinski definition) is 1. The molecular formula is C28H29F3N4O3S. The summed E-state index contributed by atoms with van der Waals surface area (Å²) in [7, 11) is 0. The zero-order valence-corrected chi connectivity index (χ0v) is 22.1. The fourth-order valence-corrected chi connectivity index (χ4v) is 5.96. The molecule has 11 heteroatoms. The first-order valence-corrected chi connectivity index (χ1v) is 13.9. The number of para-hydroxylation sites is 2. The maximum atomic E-state index is 13.7. The summed E-state index contributed by atoms with van der Waals surface area (Å²) in [4.78, 5) is 33.2. The maximum Gasteiger partial charge on any atom is 0.573 e. The van der Waals surface area contributed by atoms with Gasteiger partial charge < -0.3 is 15.0 Å². The number of ether oxygens (including phenoxy) is 1. The van der Waals surface area contributed by atoms with E-state index in [1.54, 1.807) is 33.4 Å². The van der Waals surface area contributed by atoms with Crippen molar-refractivity contribution in [3.63, 3.8) is 0 Å². The number of rotatable bonds is 9. The second-order valence-electron chi connectivity index (χ2n) is 9.61. The van der Waals surface area contributed by atoms with Gasteiger partial charge in [0, 0.05) is 43.3 Å². The van der Waals surface area contributed by atoms with E-state index in [2.05, 4.69) is 10.1 Å². The summed E-state index contributed by atoms with van der Waals surface area (Å²) in [6.45, 7) is 1.04. The van der Waals surface area contributed by atoms with E-state index in [1.165, 1.54) is 18.6 Å². The minimum atomic E-state index is -4.78. The Morgan fingerprint density at radius 2 is 1.85 bits per heavy atom. The van der Waals surface area contributed by atoms with E-state index in [-0.39, 0.29) is 43.3 Å². The molecule has 1 aliphatic heterocycles. The van der Waals surface area contributed by atoms with Gasteiger partial charge in [-0.2, -0.15) is 0 Å². The van der Waals surface area contributed by atoms with Gasteiger partial charge in [-0.3, -0.25) is 14.2 Å². The topological polar surface area (TPSA) is 76.5 Å². The Balaban J connectivity index is 1.24. The summed E-state index contributed by atoms with van der Waals surface area (Å²) in [5.74, 6) is -0.403. The molecule has 2 aliphatic rings.